The molecule has 0 aliphatic heterocycles. The summed E-state index contributed by atoms with van der Waals surface area (Å²) >= 11 is 0. The van der Waals surface area contributed by atoms with Crippen molar-refractivity contribution in [1.82, 2.24) is 10.6 Å². The zero-order valence-corrected chi connectivity index (χ0v) is 28.1. The van der Waals surface area contributed by atoms with Crippen LogP contribution in [0, 0.1) is 35.3 Å². The standard InChI is InChI=1S/C37H33F8N3O5/c1-46-35(51)53-32(37(43,44)45)19-5-10-27(38)23(15-19)18-6-12-29(52-2)25(14-18)33(49)48-31-22-9-8-21(24(22)13-17-3-4-17)30(31)34(50)47-20-7-11-28(39)26(16-20)36(40,41)42/h5-7,10-17,21-22,30-32H,3-4,8-9H2,1-2H3,(H,46,51)(H,47,50)(H,48,49)/b24-13-/t21?,22?,30-,31+,32?/m0/s1. The number of rotatable bonds is 9. The number of allylic oxidation sites excluding steroid dienone is 1. The summed E-state index contributed by atoms with van der Waals surface area (Å²) in [4.78, 5) is 39.5. The highest BCUT2D eigenvalue weighted by Gasteiger charge is 2.55. The number of hydrogen-bond donors (Lipinski definition) is 3. The van der Waals surface area contributed by atoms with E-state index in [1.54, 1.807) is 0 Å². The van der Waals surface area contributed by atoms with E-state index in [4.69, 9.17) is 4.74 Å². The van der Waals surface area contributed by atoms with Crippen LogP contribution < -0.4 is 20.7 Å². The van der Waals surface area contributed by atoms with Gasteiger partial charge in [-0.3, -0.25) is 9.59 Å². The number of methoxy groups -OCH3 is 1. The van der Waals surface area contributed by atoms with Gasteiger partial charge in [0.2, 0.25) is 12.0 Å². The highest BCUT2D eigenvalue weighted by Crippen LogP contribution is 2.54. The van der Waals surface area contributed by atoms with E-state index >= 15 is 4.39 Å². The highest BCUT2D eigenvalue weighted by atomic mass is 19.4. The first kappa shape index (κ1) is 37.6. The second kappa shape index (κ2) is 14.3. The van der Waals surface area contributed by atoms with Crippen LogP contribution in [0.5, 0.6) is 5.75 Å². The Kier molecular flexibility index (Phi) is 10.2. The SMILES string of the molecule is CNC(=O)OC(c1ccc(F)c(-c2ccc(OC)c(C(=O)N[C@@H]3C4CCC(/C4=C/C4CC4)[C@@H]3C(=O)Nc3ccc(F)c(C(F)(F)F)c3)c2)c1)C(F)(F)F. The minimum atomic E-state index is -5.06. The van der Waals surface area contributed by atoms with Gasteiger partial charge in [-0.1, -0.05) is 23.8 Å². The Hall–Kier alpha value is -5.15. The summed E-state index contributed by atoms with van der Waals surface area (Å²) in [6.45, 7) is 0. The summed E-state index contributed by atoms with van der Waals surface area (Å²) in [5.41, 5.74) is -1.98. The van der Waals surface area contributed by atoms with E-state index in [1.807, 2.05) is 5.32 Å². The average Bonchev–Trinajstić information content (AvgIpc) is 3.78. The van der Waals surface area contributed by atoms with Gasteiger partial charge in [-0.05, 0) is 85.5 Å². The monoisotopic (exact) mass is 751 g/mol. The number of fused-ring (bicyclic) bond motifs is 2. The Morgan fingerprint density at radius 2 is 1.57 bits per heavy atom. The van der Waals surface area contributed by atoms with Gasteiger partial charge in [0, 0.05) is 35.8 Å². The number of halogens is 8. The molecule has 16 heteroatoms. The summed E-state index contributed by atoms with van der Waals surface area (Å²) in [5, 5.41) is 7.30. The molecule has 0 saturated heterocycles. The average molecular weight is 752 g/mol. The first-order valence-electron chi connectivity index (χ1n) is 16.6. The van der Waals surface area contributed by atoms with Gasteiger partial charge in [0.25, 0.3) is 5.91 Å². The minimum Gasteiger partial charge on any atom is -0.496 e. The molecule has 3 saturated carbocycles. The van der Waals surface area contributed by atoms with Crippen LogP contribution in [0.2, 0.25) is 0 Å². The molecule has 3 aromatic rings. The molecule has 8 nitrogen and oxygen atoms in total. The Balaban J connectivity index is 1.32. The van der Waals surface area contributed by atoms with Crippen LogP contribution in [0.3, 0.4) is 0 Å². The van der Waals surface area contributed by atoms with Gasteiger partial charge in [-0.15, -0.1) is 0 Å². The predicted molar refractivity (Wildman–Crippen MR) is 175 cm³/mol. The topological polar surface area (TPSA) is 106 Å². The summed E-state index contributed by atoms with van der Waals surface area (Å²) in [5.74, 6) is -5.12. The van der Waals surface area contributed by atoms with Gasteiger partial charge < -0.3 is 25.4 Å². The number of alkyl carbamates (subject to hydrolysis) is 1. The molecule has 3 unspecified atom stereocenters. The first-order chi connectivity index (χ1) is 25.0. The van der Waals surface area contributed by atoms with Crippen molar-refractivity contribution in [3.05, 3.63) is 94.6 Å². The van der Waals surface area contributed by atoms with Crippen LogP contribution in [0.1, 0.15) is 53.3 Å². The quantitative estimate of drug-likeness (QED) is 0.151. The fraction of sp³-hybridized carbons (Fsp3) is 0.378. The van der Waals surface area contributed by atoms with E-state index in [2.05, 4.69) is 21.4 Å². The number of benzene rings is 3. The van der Waals surface area contributed by atoms with Gasteiger partial charge in [0.05, 0.1) is 24.2 Å². The fourth-order valence-electron chi connectivity index (χ4n) is 7.31. The van der Waals surface area contributed by atoms with Crippen molar-refractivity contribution in [1.29, 1.82) is 0 Å². The predicted octanol–water partition coefficient (Wildman–Crippen LogP) is 8.35. The van der Waals surface area contributed by atoms with E-state index in [1.165, 1.54) is 25.3 Å². The molecular weight excluding hydrogens is 718 g/mol. The van der Waals surface area contributed by atoms with Gasteiger partial charge >= 0.3 is 18.4 Å². The third-order valence-electron chi connectivity index (χ3n) is 9.86. The molecule has 53 heavy (non-hydrogen) atoms. The number of anilines is 1. The lowest BCUT2D eigenvalue weighted by Gasteiger charge is -2.30. The molecular formula is C37H33F8N3O5. The third kappa shape index (κ3) is 7.81. The minimum absolute atomic E-state index is 0.0165. The maximum Gasteiger partial charge on any atom is 0.429 e. The van der Waals surface area contributed by atoms with E-state index in [-0.39, 0.29) is 40.0 Å². The smallest absolute Gasteiger partial charge is 0.429 e. The molecule has 0 radical (unpaired) electrons. The Labute approximate surface area is 297 Å². The number of amides is 3. The van der Waals surface area contributed by atoms with Gasteiger partial charge in [-0.2, -0.15) is 26.3 Å². The van der Waals surface area contributed by atoms with Crippen molar-refractivity contribution in [2.24, 2.45) is 23.7 Å². The van der Waals surface area contributed by atoms with Gasteiger partial charge in [0.15, 0.2) is 0 Å². The van der Waals surface area contributed by atoms with Gasteiger partial charge in [0.1, 0.15) is 17.4 Å². The van der Waals surface area contributed by atoms with Crippen LogP contribution in [0.25, 0.3) is 11.1 Å². The molecule has 0 spiro atoms. The molecule has 2 bridgehead atoms. The highest BCUT2D eigenvalue weighted by molar-refractivity contribution is 6.00. The fourth-order valence-corrected chi connectivity index (χ4v) is 7.31. The first-order valence-corrected chi connectivity index (χ1v) is 16.6. The van der Waals surface area contributed by atoms with E-state index in [0.717, 1.165) is 49.7 Å². The number of alkyl halides is 6. The Bertz CT molecular complexity index is 1960. The molecule has 6 rings (SSSR count). The number of nitrogens with one attached hydrogen (secondary N) is 3. The van der Waals surface area contributed by atoms with Gasteiger partial charge in [-0.25, -0.2) is 13.6 Å². The van der Waals surface area contributed by atoms with Crippen LogP contribution in [0.4, 0.5) is 45.6 Å². The van der Waals surface area contributed by atoms with Crippen molar-refractivity contribution >= 4 is 23.6 Å². The maximum absolute atomic E-state index is 15.2. The van der Waals surface area contributed by atoms with Crippen molar-refractivity contribution in [2.75, 3.05) is 19.5 Å². The number of hydrogen-bond acceptors (Lipinski definition) is 5. The van der Waals surface area contributed by atoms with Crippen LogP contribution >= 0.6 is 0 Å². The number of carbonyl (C=O) groups is 3. The van der Waals surface area contributed by atoms with Crippen LogP contribution in [0.15, 0.2) is 66.2 Å². The van der Waals surface area contributed by atoms with E-state index in [0.29, 0.717) is 30.9 Å². The van der Waals surface area contributed by atoms with E-state index in [9.17, 15) is 45.1 Å². The summed E-state index contributed by atoms with van der Waals surface area (Å²) in [7, 11) is 2.34. The molecule has 3 N–H and O–H groups in total. The van der Waals surface area contributed by atoms with Crippen molar-refractivity contribution in [3.8, 4) is 16.9 Å². The molecule has 3 amide bonds. The molecule has 3 fully saturated rings. The van der Waals surface area contributed by atoms with Crippen LogP contribution in [-0.4, -0.2) is 44.3 Å². The second-order valence-electron chi connectivity index (χ2n) is 13.2. The van der Waals surface area contributed by atoms with E-state index < -0.39 is 71.1 Å². The molecule has 282 valence electrons. The molecule has 0 heterocycles. The largest absolute Gasteiger partial charge is 0.496 e. The second-order valence-corrected chi connectivity index (χ2v) is 13.2. The summed E-state index contributed by atoms with van der Waals surface area (Å²) in [6.07, 6.45) is -8.97. The zero-order valence-electron chi connectivity index (χ0n) is 28.1. The molecule has 3 aliphatic carbocycles. The maximum atomic E-state index is 15.2. The molecule has 0 aromatic heterocycles. The lowest BCUT2D eigenvalue weighted by atomic mass is 9.83. The number of carbonyl (C=O) groups excluding carboxylic acids is 3. The van der Waals surface area contributed by atoms with Crippen molar-refractivity contribution in [3.63, 3.8) is 0 Å². The number of ether oxygens (including phenoxy) is 2. The summed E-state index contributed by atoms with van der Waals surface area (Å²) < 4.78 is 121. The normalized spacial score (nSPS) is 22.3. The van der Waals surface area contributed by atoms with Crippen molar-refractivity contribution < 1.29 is 59.0 Å². The van der Waals surface area contributed by atoms with Crippen LogP contribution in [-0.2, 0) is 15.7 Å². The van der Waals surface area contributed by atoms with Crippen molar-refractivity contribution in [2.45, 2.75) is 50.2 Å². The Morgan fingerprint density at radius 3 is 2.21 bits per heavy atom. The summed E-state index contributed by atoms with van der Waals surface area (Å²) in [6, 6.07) is 7.56. The molecule has 3 aromatic carbocycles. The third-order valence-corrected chi connectivity index (χ3v) is 9.86. The lowest BCUT2D eigenvalue weighted by Crippen LogP contribution is -2.48. The zero-order chi connectivity index (χ0) is 38.4. The molecule has 3 aliphatic rings. The lowest BCUT2D eigenvalue weighted by molar-refractivity contribution is -0.206. The Morgan fingerprint density at radius 1 is 0.868 bits per heavy atom. The molecule has 5 atom stereocenters.